The van der Waals surface area contributed by atoms with Crippen LogP contribution in [-0.2, 0) is 17.8 Å². The van der Waals surface area contributed by atoms with Gasteiger partial charge in [0.25, 0.3) is 0 Å². The molecule has 0 radical (unpaired) electrons. The third-order valence-corrected chi connectivity index (χ3v) is 5.67. The molecule has 0 aliphatic heterocycles. The molecule has 1 amide bonds. The van der Waals surface area contributed by atoms with Crippen LogP contribution in [0.25, 0.3) is 5.69 Å². The van der Waals surface area contributed by atoms with Crippen molar-refractivity contribution in [3.05, 3.63) is 59.7 Å². The minimum Gasteiger partial charge on any atom is -0.497 e. The van der Waals surface area contributed by atoms with Crippen LogP contribution in [-0.4, -0.2) is 32.6 Å². The Labute approximate surface area is 177 Å². The number of amides is 1. The fourth-order valence-electron chi connectivity index (χ4n) is 4.19. The van der Waals surface area contributed by atoms with Crippen molar-refractivity contribution >= 4 is 5.91 Å². The van der Waals surface area contributed by atoms with E-state index in [0.717, 1.165) is 41.2 Å². The van der Waals surface area contributed by atoms with E-state index in [1.54, 1.807) is 7.11 Å². The van der Waals surface area contributed by atoms with Crippen LogP contribution in [0.15, 0.2) is 42.7 Å². The van der Waals surface area contributed by atoms with Crippen molar-refractivity contribution in [2.45, 2.75) is 52.6 Å². The third kappa shape index (κ3) is 4.25. The van der Waals surface area contributed by atoms with Crippen molar-refractivity contribution in [1.82, 2.24) is 24.9 Å². The highest BCUT2D eigenvalue weighted by Gasteiger charge is 2.36. The Balaban J connectivity index is 1.52. The molecular weight excluding hydrogens is 378 g/mol. The maximum atomic E-state index is 12.7. The zero-order valence-electron chi connectivity index (χ0n) is 18.1. The lowest BCUT2D eigenvalue weighted by atomic mass is 9.74. The summed E-state index contributed by atoms with van der Waals surface area (Å²) < 4.78 is 9.07. The number of hydrogen-bond acceptors (Lipinski definition) is 4. The summed E-state index contributed by atoms with van der Waals surface area (Å²) in [7, 11) is 1.66. The number of hydrogen-bond donors (Lipinski definition) is 1. The number of nitrogens with zero attached hydrogens (tertiary/aromatic N) is 4. The minimum atomic E-state index is -0.0393. The highest BCUT2D eigenvalue weighted by Crippen LogP contribution is 2.41. The van der Waals surface area contributed by atoms with Gasteiger partial charge in [-0.1, -0.05) is 13.8 Å². The lowest BCUT2D eigenvalue weighted by Gasteiger charge is -2.36. The van der Waals surface area contributed by atoms with Crippen molar-refractivity contribution in [3.63, 3.8) is 0 Å². The number of aryl methyl sites for hydroxylation is 2. The lowest BCUT2D eigenvalue weighted by molar-refractivity contribution is -0.122. The summed E-state index contributed by atoms with van der Waals surface area (Å²) in [5, 5.41) is 12.2. The highest BCUT2D eigenvalue weighted by molar-refractivity contribution is 5.76. The topological polar surface area (TPSA) is 74.0 Å². The van der Waals surface area contributed by atoms with Crippen LogP contribution in [0.4, 0.5) is 0 Å². The van der Waals surface area contributed by atoms with E-state index >= 15 is 0 Å². The fourth-order valence-corrected chi connectivity index (χ4v) is 4.19. The van der Waals surface area contributed by atoms with Crippen LogP contribution in [0.5, 0.6) is 5.75 Å². The number of carbonyl (C=O) groups excluding carboxylic acids is 1. The molecule has 4 rings (SSSR count). The molecule has 3 aromatic rings. The summed E-state index contributed by atoms with van der Waals surface area (Å²) in [6, 6.07) is 9.80. The summed E-state index contributed by atoms with van der Waals surface area (Å²) in [5.74, 6) is 0.853. The highest BCUT2D eigenvalue weighted by atomic mass is 16.5. The minimum absolute atomic E-state index is 0.0361. The van der Waals surface area contributed by atoms with Gasteiger partial charge in [-0.3, -0.25) is 9.48 Å². The van der Waals surface area contributed by atoms with Gasteiger partial charge in [0.05, 0.1) is 36.4 Å². The molecule has 7 nitrogen and oxygen atoms in total. The van der Waals surface area contributed by atoms with Crippen LogP contribution < -0.4 is 10.1 Å². The summed E-state index contributed by atoms with van der Waals surface area (Å²) in [6.07, 6.45) is 6.01. The van der Waals surface area contributed by atoms with Gasteiger partial charge in [-0.15, -0.1) is 0 Å². The first-order valence-electron chi connectivity index (χ1n) is 10.4. The molecule has 30 heavy (non-hydrogen) atoms. The van der Waals surface area contributed by atoms with E-state index in [0.29, 0.717) is 13.0 Å². The number of benzene rings is 1. The zero-order chi connectivity index (χ0) is 21.3. The number of rotatable bonds is 6. The predicted molar refractivity (Wildman–Crippen MR) is 115 cm³/mol. The first kappa shape index (κ1) is 20.2. The second-order valence-electron chi connectivity index (χ2n) is 8.79. The van der Waals surface area contributed by atoms with E-state index < -0.39 is 0 Å². The molecule has 1 aliphatic rings. The van der Waals surface area contributed by atoms with E-state index in [1.807, 2.05) is 59.0 Å². The van der Waals surface area contributed by atoms with Crippen LogP contribution in [0, 0.1) is 12.3 Å². The monoisotopic (exact) mass is 407 g/mol. The van der Waals surface area contributed by atoms with Gasteiger partial charge in [-0.25, -0.2) is 4.68 Å². The maximum Gasteiger partial charge on any atom is 0.222 e. The molecule has 158 valence electrons. The first-order chi connectivity index (χ1) is 14.3. The Morgan fingerprint density at radius 1 is 1.27 bits per heavy atom. The molecule has 0 saturated heterocycles. The van der Waals surface area contributed by atoms with Gasteiger partial charge in [0.1, 0.15) is 5.75 Å². The summed E-state index contributed by atoms with van der Waals surface area (Å²) in [4.78, 5) is 12.7. The quantitative estimate of drug-likeness (QED) is 0.677. The average molecular weight is 408 g/mol. The summed E-state index contributed by atoms with van der Waals surface area (Å²) in [5.41, 5.74) is 4.28. The molecule has 1 aliphatic carbocycles. The normalized spacial score (nSPS) is 17.4. The number of aromatic nitrogens is 4. The molecule has 0 fully saturated rings. The molecule has 0 saturated carbocycles. The van der Waals surface area contributed by atoms with Gasteiger partial charge >= 0.3 is 0 Å². The predicted octanol–water partition coefficient (Wildman–Crippen LogP) is 3.61. The Kier molecular flexibility index (Phi) is 5.37. The Bertz CT molecular complexity index is 1030. The van der Waals surface area contributed by atoms with Crippen molar-refractivity contribution in [3.8, 4) is 11.4 Å². The summed E-state index contributed by atoms with van der Waals surface area (Å²) >= 11 is 0. The third-order valence-electron chi connectivity index (χ3n) is 5.67. The molecule has 1 unspecified atom stereocenters. The van der Waals surface area contributed by atoms with E-state index in [2.05, 4.69) is 29.4 Å². The molecule has 1 atom stereocenters. The SMILES string of the molecule is COc1ccc(-n2ncc3c2CC(C)(C)CC3NC(=O)CCn2ccc(C)n2)cc1. The molecule has 1 N–H and O–H groups in total. The molecule has 1 aromatic carbocycles. The van der Waals surface area contributed by atoms with Crippen LogP contribution in [0.1, 0.15) is 49.7 Å². The van der Waals surface area contributed by atoms with Gasteiger partial charge in [0.2, 0.25) is 5.91 Å². The molecule has 7 heteroatoms. The number of methoxy groups -OCH3 is 1. The van der Waals surface area contributed by atoms with Gasteiger partial charge < -0.3 is 10.1 Å². The number of nitrogens with one attached hydrogen (secondary N) is 1. The average Bonchev–Trinajstić information content (AvgIpc) is 3.31. The van der Waals surface area contributed by atoms with Crippen molar-refractivity contribution in [2.24, 2.45) is 5.41 Å². The smallest absolute Gasteiger partial charge is 0.222 e. The Morgan fingerprint density at radius 3 is 2.70 bits per heavy atom. The number of carbonyl (C=O) groups is 1. The Morgan fingerprint density at radius 2 is 2.03 bits per heavy atom. The molecule has 2 aromatic heterocycles. The van der Waals surface area contributed by atoms with Crippen LogP contribution >= 0.6 is 0 Å². The standard InChI is InChI=1S/C23H29N5O2/c1-16-9-11-27(26-16)12-10-22(29)25-20-13-23(2,3)14-21-19(20)15-24-28(21)17-5-7-18(30-4)8-6-17/h5-9,11,15,20H,10,12-14H2,1-4H3,(H,25,29). The first-order valence-corrected chi connectivity index (χ1v) is 10.4. The van der Waals surface area contributed by atoms with Gasteiger partial charge in [0.15, 0.2) is 0 Å². The van der Waals surface area contributed by atoms with E-state index in [1.165, 1.54) is 0 Å². The van der Waals surface area contributed by atoms with E-state index in [9.17, 15) is 4.79 Å². The molecule has 0 bridgehead atoms. The van der Waals surface area contributed by atoms with Gasteiger partial charge in [-0.05, 0) is 55.5 Å². The van der Waals surface area contributed by atoms with E-state index in [-0.39, 0.29) is 17.4 Å². The van der Waals surface area contributed by atoms with Crippen molar-refractivity contribution in [1.29, 1.82) is 0 Å². The number of ether oxygens (including phenoxy) is 1. The number of fused-ring (bicyclic) bond motifs is 1. The van der Waals surface area contributed by atoms with E-state index in [4.69, 9.17) is 4.74 Å². The zero-order valence-corrected chi connectivity index (χ0v) is 18.1. The second-order valence-corrected chi connectivity index (χ2v) is 8.79. The fraction of sp³-hybridized carbons (Fsp3) is 0.435. The largest absolute Gasteiger partial charge is 0.497 e. The van der Waals surface area contributed by atoms with Gasteiger partial charge in [-0.2, -0.15) is 10.2 Å². The van der Waals surface area contributed by atoms with Crippen LogP contribution in [0.2, 0.25) is 0 Å². The molecular formula is C23H29N5O2. The molecule has 0 spiro atoms. The second kappa shape index (κ2) is 7.97. The van der Waals surface area contributed by atoms with Crippen LogP contribution in [0.3, 0.4) is 0 Å². The summed E-state index contributed by atoms with van der Waals surface area (Å²) in [6.45, 7) is 7.01. The van der Waals surface area contributed by atoms with Crippen molar-refractivity contribution in [2.75, 3.05) is 7.11 Å². The van der Waals surface area contributed by atoms with Gasteiger partial charge in [0, 0.05) is 24.7 Å². The lowest BCUT2D eigenvalue weighted by Crippen LogP contribution is -2.37. The van der Waals surface area contributed by atoms with Crippen molar-refractivity contribution < 1.29 is 9.53 Å². The molecule has 2 heterocycles. The Hall–Kier alpha value is -3.09. The maximum absolute atomic E-state index is 12.7.